The van der Waals surface area contributed by atoms with Gasteiger partial charge in [0.2, 0.25) is 5.95 Å². The Morgan fingerprint density at radius 2 is 2.30 bits per heavy atom. The van der Waals surface area contributed by atoms with Crippen molar-refractivity contribution in [3.63, 3.8) is 0 Å². The van der Waals surface area contributed by atoms with Gasteiger partial charge in [0, 0.05) is 53.3 Å². The minimum Gasteiger partial charge on any atom is -0.381 e. The van der Waals surface area contributed by atoms with Gasteiger partial charge in [0.1, 0.15) is 0 Å². The molecule has 2 aliphatic rings. The van der Waals surface area contributed by atoms with E-state index in [0.29, 0.717) is 5.41 Å². The summed E-state index contributed by atoms with van der Waals surface area (Å²) in [6.07, 6.45) is 4.30. The van der Waals surface area contributed by atoms with Crippen LogP contribution >= 0.6 is 0 Å². The van der Waals surface area contributed by atoms with Crippen LogP contribution in [-0.2, 0) is 18.3 Å². The molecule has 2 aliphatic heterocycles. The summed E-state index contributed by atoms with van der Waals surface area (Å²) in [5.41, 5.74) is 1.50. The number of hydrogen-bond donors (Lipinski definition) is 1. The van der Waals surface area contributed by atoms with Crippen molar-refractivity contribution in [2.75, 3.05) is 52.3 Å². The fourth-order valence-corrected chi connectivity index (χ4v) is 3.60. The molecule has 3 rings (SSSR count). The zero-order chi connectivity index (χ0) is 16.4. The van der Waals surface area contributed by atoms with Crippen LogP contribution in [0.3, 0.4) is 0 Å². The molecular formula is C16H28N6O. The molecule has 7 heteroatoms. The van der Waals surface area contributed by atoms with Crippen molar-refractivity contribution >= 4 is 11.9 Å². The van der Waals surface area contributed by atoms with Gasteiger partial charge in [0.25, 0.3) is 0 Å². The molecule has 0 radical (unpaired) electrons. The molecule has 0 saturated carbocycles. The summed E-state index contributed by atoms with van der Waals surface area (Å²) in [6.45, 7) is 4.62. The molecule has 0 bridgehead atoms. The third kappa shape index (κ3) is 3.15. The lowest BCUT2D eigenvalue weighted by Gasteiger charge is -2.25. The molecule has 128 valence electrons. The summed E-state index contributed by atoms with van der Waals surface area (Å²) in [6, 6.07) is 0. The van der Waals surface area contributed by atoms with Crippen molar-refractivity contribution in [3.8, 4) is 0 Å². The minimum atomic E-state index is 0.349. The minimum absolute atomic E-state index is 0.349. The Kier molecular flexibility index (Phi) is 4.48. The molecule has 0 amide bonds. The lowest BCUT2D eigenvalue weighted by molar-refractivity contribution is 0.156. The van der Waals surface area contributed by atoms with Gasteiger partial charge in [-0.05, 0) is 12.8 Å². The number of imidazole rings is 1. The Hall–Kier alpha value is -1.76. The molecule has 1 atom stereocenters. The van der Waals surface area contributed by atoms with Gasteiger partial charge < -0.3 is 24.4 Å². The molecule has 7 nitrogen and oxygen atoms in total. The van der Waals surface area contributed by atoms with Crippen LogP contribution in [0.1, 0.15) is 18.5 Å². The predicted molar refractivity (Wildman–Crippen MR) is 91.8 cm³/mol. The van der Waals surface area contributed by atoms with E-state index in [4.69, 9.17) is 4.74 Å². The van der Waals surface area contributed by atoms with Gasteiger partial charge in [0.05, 0.1) is 25.0 Å². The van der Waals surface area contributed by atoms with Gasteiger partial charge in [0.15, 0.2) is 5.96 Å². The van der Waals surface area contributed by atoms with Gasteiger partial charge >= 0.3 is 0 Å². The third-order valence-corrected chi connectivity index (χ3v) is 5.02. The number of aliphatic imine (C=N–C) groups is 1. The number of guanidine groups is 1. The zero-order valence-corrected chi connectivity index (χ0v) is 14.7. The summed E-state index contributed by atoms with van der Waals surface area (Å²) < 4.78 is 7.72. The zero-order valence-electron chi connectivity index (χ0n) is 14.7. The first-order valence-electron chi connectivity index (χ1n) is 8.26. The number of hydrogen-bond acceptors (Lipinski definition) is 4. The van der Waals surface area contributed by atoms with Crippen molar-refractivity contribution in [1.29, 1.82) is 0 Å². The highest BCUT2D eigenvalue weighted by atomic mass is 16.5. The first-order valence-corrected chi connectivity index (χ1v) is 8.26. The molecule has 1 N–H and O–H groups in total. The number of nitrogens with zero attached hydrogens (tertiary/aromatic N) is 5. The fourth-order valence-electron chi connectivity index (χ4n) is 3.60. The topological polar surface area (TPSA) is 57.9 Å². The average molecular weight is 320 g/mol. The van der Waals surface area contributed by atoms with E-state index in [0.717, 1.165) is 50.4 Å². The normalized spacial score (nSPS) is 24.7. The van der Waals surface area contributed by atoms with Crippen LogP contribution in [0, 0.1) is 5.41 Å². The van der Waals surface area contributed by atoms with Gasteiger partial charge in [-0.15, -0.1) is 0 Å². The Labute approximate surface area is 138 Å². The molecular weight excluding hydrogens is 292 g/mol. The lowest BCUT2D eigenvalue weighted by Crippen LogP contribution is -2.41. The molecule has 2 saturated heterocycles. The summed E-state index contributed by atoms with van der Waals surface area (Å²) in [5, 5.41) is 3.48. The van der Waals surface area contributed by atoms with E-state index in [1.54, 1.807) is 0 Å². The molecule has 1 aromatic heterocycles. The lowest BCUT2D eigenvalue weighted by atomic mass is 9.87. The largest absolute Gasteiger partial charge is 0.381 e. The molecule has 1 spiro atoms. The quantitative estimate of drug-likeness (QED) is 0.655. The maximum atomic E-state index is 5.61. The highest BCUT2D eigenvalue weighted by Gasteiger charge is 2.42. The molecule has 1 aromatic rings. The number of rotatable bonds is 3. The van der Waals surface area contributed by atoms with Crippen LogP contribution in [0.25, 0.3) is 0 Å². The summed E-state index contributed by atoms with van der Waals surface area (Å²) in [5.74, 6) is 1.93. The Morgan fingerprint density at radius 1 is 1.48 bits per heavy atom. The van der Waals surface area contributed by atoms with Crippen molar-refractivity contribution < 1.29 is 4.74 Å². The van der Waals surface area contributed by atoms with Crippen molar-refractivity contribution in [2.45, 2.75) is 19.4 Å². The average Bonchev–Trinajstić information content (AvgIpc) is 3.23. The summed E-state index contributed by atoms with van der Waals surface area (Å²) >= 11 is 0. The monoisotopic (exact) mass is 320 g/mol. The smallest absolute Gasteiger partial charge is 0.204 e. The van der Waals surface area contributed by atoms with Crippen LogP contribution in [0.2, 0.25) is 0 Å². The number of anilines is 1. The van der Waals surface area contributed by atoms with Gasteiger partial charge in [-0.25, -0.2) is 4.98 Å². The first kappa shape index (κ1) is 16.1. The predicted octanol–water partition coefficient (Wildman–Crippen LogP) is 0.674. The highest BCUT2D eigenvalue weighted by Crippen LogP contribution is 2.38. The van der Waals surface area contributed by atoms with Crippen LogP contribution in [0.15, 0.2) is 11.2 Å². The second kappa shape index (κ2) is 6.39. The molecule has 23 heavy (non-hydrogen) atoms. The van der Waals surface area contributed by atoms with E-state index in [2.05, 4.69) is 24.8 Å². The van der Waals surface area contributed by atoms with E-state index in [9.17, 15) is 0 Å². The summed E-state index contributed by atoms with van der Waals surface area (Å²) in [4.78, 5) is 13.3. The van der Waals surface area contributed by atoms with Crippen LogP contribution < -0.4 is 10.2 Å². The van der Waals surface area contributed by atoms with E-state index >= 15 is 0 Å². The van der Waals surface area contributed by atoms with Gasteiger partial charge in [-0.2, -0.15) is 0 Å². The molecule has 1 unspecified atom stereocenters. The Bertz CT molecular complexity index is 573. The molecule has 0 aliphatic carbocycles. The number of aromatic nitrogens is 2. The Morgan fingerprint density at radius 3 is 2.91 bits per heavy atom. The maximum absolute atomic E-state index is 5.61. The van der Waals surface area contributed by atoms with Gasteiger partial charge in [-0.3, -0.25) is 4.99 Å². The first-order chi connectivity index (χ1) is 11.0. The van der Waals surface area contributed by atoms with Crippen LogP contribution in [0.5, 0.6) is 0 Å². The van der Waals surface area contributed by atoms with E-state index in [1.807, 2.05) is 39.3 Å². The van der Waals surface area contributed by atoms with E-state index in [-0.39, 0.29) is 0 Å². The number of likely N-dealkylation sites (tertiary alicyclic amines) is 1. The second-order valence-corrected chi connectivity index (χ2v) is 6.88. The van der Waals surface area contributed by atoms with Crippen LogP contribution in [0.4, 0.5) is 5.95 Å². The molecule has 3 heterocycles. The fraction of sp³-hybridized carbons (Fsp3) is 0.750. The SMILES string of the molecule is CN=C(NCc1cnc(N(C)C)n1C)N1CCC2(CCOC2)C1. The standard InChI is InChI=1S/C16H28N6O/c1-17-14(22-7-5-16(11-22)6-8-23-12-16)18-9-13-10-19-15(20(2)3)21(13)4/h10H,5-9,11-12H2,1-4H3,(H,17,18). The highest BCUT2D eigenvalue weighted by molar-refractivity contribution is 5.80. The van der Waals surface area contributed by atoms with Crippen molar-refractivity contribution in [2.24, 2.45) is 17.5 Å². The van der Waals surface area contributed by atoms with Crippen molar-refractivity contribution in [3.05, 3.63) is 11.9 Å². The number of ether oxygens (including phenoxy) is 1. The summed E-state index contributed by atoms with van der Waals surface area (Å²) in [7, 11) is 7.91. The molecule has 0 aromatic carbocycles. The van der Waals surface area contributed by atoms with Gasteiger partial charge in [-0.1, -0.05) is 0 Å². The number of nitrogens with one attached hydrogen (secondary N) is 1. The van der Waals surface area contributed by atoms with E-state index in [1.165, 1.54) is 12.8 Å². The molecule has 2 fully saturated rings. The maximum Gasteiger partial charge on any atom is 0.204 e. The van der Waals surface area contributed by atoms with Crippen LogP contribution in [-0.4, -0.2) is 67.9 Å². The second-order valence-electron chi connectivity index (χ2n) is 6.88. The third-order valence-electron chi connectivity index (χ3n) is 5.02. The Balaban J connectivity index is 1.60. The van der Waals surface area contributed by atoms with E-state index < -0.39 is 0 Å². The van der Waals surface area contributed by atoms with Crippen molar-refractivity contribution in [1.82, 2.24) is 19.8 Å².